The molecule has 1 aromatic rings. The van der Waals surface area contributed by atoms with Crippen LogP contribution in [0.25, 0.3) is 0 Å². The van der Waals surface area contributed by atoms with Gasteiger partial charge in [-0.25, -0.2) is 9.48 Å². The number of nitrogens with zero attached hydrogens (tertiary/aromatic N) is 3. The summed E-state index contributed by atoms with van der Waals surface area (Å²) in [5.74, 6) is 0. The van der Waals surface area contributed by atoms with Gasteiger partial charge in [0.2, 0.25) is 0 Å². The van der Waals surface area contributed by atoms with E-state index in [1.54, 1.807) is 7.05 Å². The molecule has 0 aliphatic carbocycles. The fourth-order valence-electron chi connectivity index (χ4n) is 1.05. The van der Waals surface area contributed by atoms with Crippen molar-refractivity contribution in [3.8, 4) is 0 Å². The molecule has 0 aliphatic heterocycles. The Bertz CT molecular complexity index is 349. The lowest BCUT2D eigenvalue weighted by Crippen LogP contribution is -2.25. The molecule has 13 heavy (non-hydrogen) atoms. The minimum Gasteiger partial charge on any atom is -0.316 e. The van der Waals surface area contributed by atoms with Crippen LogP contribution in [0.2, 0.25) is 0 Å². The third kappa shape index (κ3) is 2.29. The van der Waals surface area contributed by atoms with Gasteiger partial charge in [0.15, 0.2) is 0 Å². The van der Waals surface area contributed by atoms with Crippen LogP contribution in [0.3, 0.4) is 0 Å². The van der Waals surface area contributed by atoms with Crippen molar-refractivity contribution in [3.63, 3.8) is 0 Å². The van der Waals surface area contributed by atoms with Crippen LogP contribution in [-0.2, 0) is 13.6 Å². The monoisotopic (exact) mass is 182 g/mol. The first kappa shape index (κ1) is 9.73. The summed E-state index contributed by atoms with van der Waals surface area (Å²) in [6.45, 7) is 4.99. The Balaban J connectivity index is 2.69. The number of rotatable bonds is 4. The van der Waals surface area contributed by atoms with E-state index >= 15 is 0 Å². The second-order valence-corrected chi connectivity index (χ2v) is 2.96. The number of aryl methyl sites for hydroxylation is 1. The second-order valence-electron chi connectivity index (χ2n) is 2.96. The summed E-state index contributed by atoms with van der Waals surface area (Å²) in [6.07, 6.45) is 1.50. The van der Waals surface area contributed by atoms with Gasteiger partial charge in [-0.15, -0.1) is 0 Å². The van der Waals surface area contributed by atoms with Crippen LogP contribution >= 0.6 is 0 Å². The van der Waals surface area contributed by atoms with E-state index in [1.807, 2.05) is 7.05 Å². The van der Waals surface area contributed by atoms with Crippen molar-refractivity contribution in [2.75, 3.05) is 13.6 Å². The smallest absolute Gasteiger partial charge is 0.316 e. The van der Waals surface area contributed by atoms with Crippen LogP contribution < -0.4 is 11.0 Å². The molecule has 0 amide bonds. The van der Waals surface area contributed by atoms with Crippen molar-refractivity contribution in [1.82, 2.24) is 19.7 Å². The predicted octanol–water partition coefficient (Wildman–Crippen LogP) is -0.643. The van der Waals surface area contributed by atoms with E-state index in [-0.39, 0.29) is 5.69 Å². The summed E-state index contributed by atoms with van der Waals surface area (Å²) >= 11 is 0. The second kappa shape index (κ2) is 4.04. The quantitative estimate of drug-likeness (QED) is 0.630. The van der Waals surface area contributed by atoms with Crippen molar-refractivity contribution in [3.05, 3.63) is 29.0 Å². The highest BCUT2D eigenvalue weighted by molar-refractivity contribution is 4.96. The number of hydrogen-bond acceptors (Lipinski definition) is 3. The van der Waals surface area contributed by atoms with Crippen LogP contribution in [0.15, 0.2) is 23.3 Å². The molecule has 0 unspecified atom stereocenters. The summed E-state index contributed by atoms with van der Waals surface area (Å²) in [5.41, 5.74) is 0.820. The Labute approximate surface area is 76.7 Å². The van der Waals surface area contributed by atoms with E-state index in [9.17, 15) is 4.79 Å². The predicted molar refractivity (Wildman–Crippen MR) is 50.5 cm³/mol. The van der Waals surface area contributed by atoms with Crippen LogP contribution in [-0.4, -0.2) is 27.9 Å². The maximum atomic E-state index is 11.3. The van der Waals surface area contributed by atoms with Gasteiger partial charge in [0.25, 0.3) is 0 Å². The van der Waals surface area contributed by atoms with E-state index in [4.69, 9.17) is 0 Å². The molecule has 1 aromatic heterocycles. The van der Waals surface area contributed by atoms with Crippen LogP contribution in [0, 0.1) is 0 Å². The van der Waals surface area contributed by atoms with Crippen LogP contribution in [0.1, 0.15) is 0 Å². The fraction of sp³-hybridized carbons (Fsp3) is 0.500. The minimum absolute atomic E-state index is 0.114. The van der Waals surface area contributed by atoms with Gasteiger partial charge in [-0.2, -0.15) is 5.10 Å². The molecule has 5 heteroatoms. The molecule has 1 heterocycles. The highest BCUT2D eigenvalue weighted by atomic mass is 16.2. The molecule has 0 aromatic carbocycles. The zero-order valence-electron chi connectivity index (χ0n) is 7.95. The number of likely N-dealkylation sites (N-methyl/N-ethyl adjacent to an activating group) is 1. The lowest BCUT2D eigenvalue weighted by Gasteiger charge is -2.02. The Kier molecular flexibility index (Phi) is 3.02. The minimum atomic E-state index is -0.114. The third-order valence-corrected chi connectivity index (χ3v) is 1.69. The van der Waals surface area contributed by atoms with Crippen LogP contribution in [0.5, 0.6) is 0 Å². The zero-order chi connectivity index (χ0) is 9.84. The molecule has 0 fully saturated rings. The molecular weight excluding hydrogens is 168 g/mol. The van der Waals surface area contributed by atoms with Crippen LogP contribution in [0.4, 0.5) is 0 Å². The molecule has 72 valence electrons. The van der Waals surface area contributed by atoms with Gasteiger partial charge >= 0.3 is 5.69 Å². The lowest BCUT2D eigenvalue weighted by molar-refractivity contribution is 0.624. The third-order valence-electron chi connectivity index (χ3n) is 1.69. The van der Waals surface area contributed by atoms with Crippen molar-refractivity contribution in [2.45, 2.75) is 6.54 Å². The largest absolute Gasteiger partial charge is 0.345 e. The molecule has 0 aliphatic rings. The molecular formula is C8H14N4O. The fourth-order valence-corrected chi connectivity index (χ4v) is 1.05. The van der Waals surface area contributed by atoms with Crippen molar-refractivity contribution >= 4 is 0 Å². The molecule has 0 saturated heterocycles. The van der Waals surface area contributed by atoms with Gasteiger partial charge < -0.3 is 5.32 Å². The van der Waals surface area contributed by atoms with E-state index < -0.39 is 0 Å². The Hall–Kier alpha value is -1.36. The summed E-state index contributed by atoms with van der Waals surface area (Å²) in [5, 5.41) is 6.88. The first-order chi connectivity index (χ1) is 6.15. The summed E-state index contributed by atoms with van der Waals surface area (Å²) in [4.78, 5) is 11.3. The maximum absolute atomic E-state index is 11.3. The van der Waals surface area contributed by atoms with Gasteiger partial charge in [-0.3, -0.25) is 4.57 Å². The van der Waals surface area contributed by atoms with Gasteiger partial charge in [-0.1, -0.05) is 6.58 Å². The molecule has 1 N–H and O–H groups in total. The molecule has 1 rings (SSSR count). The van der Waals surface area contributed by atoms with Crippen molar-refractivity contribution < 1.29 is 0 Å². The van der Waals surface area contributed by atoms with Gasteiger partial charge in [0.1, 0.15) is 6.33 Å². The average molecular weight is 182 g/mol. The lowest BCUT2D eigenvalue weighted by atomic mass is 10.3. The molecule has 0 radical (unpaired) electrons. The molecule has 0 spiro atoms. The Morgan fingerprint density at radius 1 is 1.77 bits per heavy atom. The summed E-state index contributed by atoms with van der Waals surface area (Å²) in [6, 6.07) is 0. The molecule has 0 bridgehead atoms. The van der Waals surface area contributed by atoms with Gasteiger partial charge in [0.05, 0.1) is 6.54 Å². The van der Waals surface area contributed by atoms with E-state index in [1.165, 1.54) is 15.6 Å². The van der Waals surface area contributed by atoms with E-state index in [0.717, 1.165) is 5.57 Å². The van der Waals surface area contributed by atoms with E-state index in [0.29, 0.717) is 13.1 Å². The number of hydrogen-bond donors (Lipinski definition) is 1. The highest BCUT2D eigenvalue weighted by Crippen LogP contribution is 1.89. The SMILES string of the molecule is C=C(CNC)Cn1ncn(C)c1=O. The van der Waals surface area contributed by atoms with E-state index in [2.05, 4.69) is 17.0 Å². The molecule has 0 atom stereocenters. The average Bonchev–Trinajstić information content (AvgIpc) is 2.37. The number of nitrogens with one attached hydrogen (secondary N) is 1. The molecule has 5 nitrogen and oxygen atoms in total. The van der Waals surface area contributed by atoms with Gasteiger partial charge in [0, 0.05) is 13.6 Å². The Morgan fingerprint density at radius 3 is 2.92 bits per heavy atom. The summed E-state index contributed by atoms with van der Waals surface area (Å²) < 4.78 is 2.83. The first-order valence-electron chi connectivity index (χ1n) is 4.05. The van der Waals surface area contributed by atoms with Crippen molar-refractivity contribution in [1.29, 1.82) is 0 Å². The zero-order valence-corrected chi connectivity index (χ0v) is 7.95. The van der Waals surface area contributed by atoms with Crippen molar-refractivity contribution in [2.24, 2.45) is 7.05 Å². The highest BCUT2D eigenvalue weighted by Gasteiger charge is 2.01. The summed E-state index contributed by atoms with van der Waals surface area (Å²) in [7, 11) is 3.51. The topological polar surface area (TPSA) is 51.9 Å². The first-order valence-corrected chi connectivity index (χ1v) is 4.05. The maximum Gasteiger partial charge on any atom is 0.345 e. The molecule has 0 saturated carbocycles. The standard InChI is InChI=1S/C8H14N4O/c1-7(4-9-2)5-12-8(13)11(3)6-10-12/h6,9H,1,4-5H2,2-3H3. The normalized spacial score (nSPS) is 10.3. The number of aromatic nitrogens is 3. The Morgan fingerprint density at radius 2 is 2.46 bits per heavy atom. The van der Waals surface area contributed by atoms with Gasteiger partial charge in [-0.05, 0) is 12.6 Å².